The van der Waals surface area contributed by atoms with Crippen LogP contribution in [0.15, 0.2) is 6.07 Å². The molecule has 0 atom stereocenters. The maximum absolute atomic E-state index is 9.18. The molecule has 4 heteroatoms. The Morgan fingerprint density at radius 1 is 1.36 bits per heavy atom. The van der Waals surface area contributed by atoms with Crippen LogP contribution in [0.1, 0.15) is 11.1 Å². The summed E-state index contributed by atoms with van der Waals surface area (Å²) in [5, 5.41) is 9.74. The molecule has 0 spiro atoms. The molecule has 14 heavy (non-hydrogen) atoms. The summed E-state index contributed by atoms with van der Waals surface area (Å²) < 4.78 is 10.2. The van der Waals surface area contributed by atoms with E-state index in [9.17, 15) is 5.11 Å². The van der Waals surface area contributed by atoms with Gasteiger partial charge >= 0.3 is 0 Å². The fourth-order valence-corrected chi connectivity index (χ4v) is 1.53. The fraction of sp³-hybridized carbons (Fsp3) is 0.400. The minimum atomic E-state index is -0.119. The number of hydrogen-bond donors (Lipinski definition) is 1. The summed E-state index contributed by atoms with van der Waals surface area (Å²) in [4.78, 5) is 0. The van der Waals surface area contributed by atoms with E-state index in [2.05, 4.69) is 0 Å². The average Bonchev–Trinajstić information content (AvgIpc) is 2.20. The Morgan fingerprint density at radius 3 is 2.43 bits per heavy atom. The third-order valence-corrected chi connectivity index (χ3v) is 2.54. The standard InChI is InChI=1S/C10H13ClO3/c1-6-7(5-12)10(14-3)9(13-2)4-8(6)11/h4,12H,5H2,1-3H3. The van der Waals surface area contributed by atoms with Gasteiger partial charge in [0.05, 0.1) is 20.8 Å². The molecule has 1 aromatic carbocycles. The van der Waals surface area contributed by atoms with Crippen molar-refractivity contribution in [2.45, 2.75) is 13.5 Å². The zero-order valence-electron chi connectivity index (χ0n) is 8.43. The van der Waals surface area contributed by atoms with Gasteiger partial charge in [0, 0.05) is 16.7 Å². The molecule has 78 valence electrons. The number of hydrogen-bond acceptors (Lipinski definition) is 3. The van der Waals surface area contributed by atoms with Crippen LogP contribution in [0.5, 0.6) is 11.5 Å². The molecule has 0 saturated carbocycles. The number of aliphatic hydroxyl groups is 1. The average molecular weight is 217 g/mol. The van der Waals surface area contributed by atoms with Crippen LogP contribution in [0, 0.1) is 6.92 Å². The summed E-state index contributed by atoms with van der Waals surface area (Å²) >= 11 is 5.96. The van der Waals surface area contributed by atoms with Crippen LogP contribution in [0.3, 0.4) is 0 Å². The summed E-state index contributed by atoms with van der Waals surface area (Å²) in [7, 11) is 3.06. The number of halogens is 1. The van der Waals surface area contributed by atoms with Gasteiger partial charge in [0.1, 0.15) is 0 Å². The van der Waals surface area contributed by atoms with E-state index in [4.69, 9.17) is 21.1 Å². The summed E-state index contributed by atoms with van der Waals surface area (Å²) in [6.07, 6.45) is 0. The molecule has 0 unspecified atom stereocenters. The first-order chi connectivity index (χ1) is 6.65. The normalized spacial score (nSPS) is 10.1. The van der Waals surface area contributed by atoms with Crippen molar-refractivity contribution >= 4 is 11.6 Å². The second-order valence-corrected chi connectivity index (χ2v) is 3.26. The topological polar surface area (TPSA) is 38.7 Å². The lowest BCUT2D eigenvalue weighted by molar-refractivity contribution is 0.269. The van der Waals surface area contributed by atoms with Crippen molar-refractivity contribution in [3.05, 3.63) is 22.2 Å². The molecule has 0 saturated heterocycles. The van der Waals surface area contributed by atoms with Crippen LogP contribution >= 0.6 is 11.6 Å². The molecular formula is C10H13ClO3. The molecule has 0 fully saturated rings. The lowest BCUT2D eigenvalue weighted by atomic mass is 10.1. The number of methoxy groups -OCH3 is 2. The minimum Gasteiger partial charge on any atom is -0.493 e. The fourth-order valence-electron chi connectivity index (χ4n) is 1.32. The third kappa shape index (κ3) is 1.79. The van der Waals surface area contributed by atoms with Crippen molar-refractivity contribution in [3.8, 4) is 11.5 Å². The molecule has 0 aliphatic heterocycles. The Labute approximate surface area is 88.2 Å². The highest BCUT2D eigenvalue weighted by Gasteiger charge is 2.14. The lowest BCUT2D eigenvalue weighted by Crippen LogP contribution is -1.99. The molecule has 0 amide bonds. The molecule has 0 aliphatic rings. The van der Waals surface area contributed by atoms with Crippen LogP contribution in [-0.2, 0) is 6.61 Å². The van der Waals surface area contributed by atoms with Crippen molar-refractivity contribution in [1.29, 1.82) is 0 Å². The van der Waals surface area contributed by atoms with Crippen LogP contribution in [-0.4, -0.2) is 19.3 Å². The summed E-state index contributed by atoms with van der Waals surface area (Å²) in [5.74, 6) is 1.07. The summed E-state index contributed by atoms with van der Waals surface area (Å²) in [6.45, 7) is 1.71. The van der Waals surface area contributed by atoms with Crippen molar-refractivity contribution in [3.63, 3.8) is 0 Å². The van der Waals surface area contributed by atoms with Crippen LogP contribution in [0.4, 0.5) is 0 Å². The molecule has 0 aliphatic carbocycles. The van der Waals surface area contributed by atoms with Gasteiger partial charge in [0.15, 0.2) is 11.5 Å². The first kappa shape index (κ1) is 11.1. The number of aliphatic hydroxyl groups excluding tert-OH is 1. The largest absolute Gasteiger partial charge is 0.493 e. The highest BCUT2D eigenvalue weighted by Crippen LogP contribution is 2.37. The molecular weight excluding hydrogens is 204 g/mol. The summed E-state index contributed by atoms with van der Waals surface area (Å²) in [6, 6.07) is 1.68. The quantitative estimate of drug-likeness (QED) is 0.842. The van der Waals surface area contributed by atoms with Gasteiger partial charge in [-0.15, -0.1) is 0 Å². The lowest BCUT2D eigenvalue weighted by Gasteiger charge is -2.14. The minimum absolute atomic E-state index is 0.119. The first-order valence-electron chi connectivity index (χ1n) is 4.16. The molecule has 1 aromatic rings. The Hall–Kier alpha value is -0.930. The first-order valence-corrected chi connectivity index (χ1v) is 4.54. The van der Waals surface area contributed by atoms with Gasteiger partial charge in [-0.05, 0) is 12.5 Å². The summed E-state index contributed by atoms with van der Waals surface area (Å²) in [5.41, 5.74) is 1.48. The van der Waals surface area contributed by atoms with Crippen molar-refractivity contribution in [1.82, 2.24) is 0 Å². The van der Waals surface area contributed by atoms with Gasteiger partial charge < -0.3 is 14.6 Å². The molecule has 0 heterocycles. The highest BCUT2D eigenvalue weighted by atomic mass is 35.5. The number of ether oxygens (including phenoxy) is 2. The van der Waals surface area contributed by atoms with E-state index >= 15 is 0 Å². The second kappa shape index (κ2) is 4.53. The number of benzene rings is 1. The van der Waals surface area contributed by atoms with E-state index in [-0.39, 0.29) is 6.61 Å². The predicted molar refractivity (Wildman–Crippen MR) is 55.2 cm³/mol. The van der Waals surface area contributed by atoms with E-state index < -0.39 is 0 Å². The zero-order valence-corrected chi connectivity index (χ0v) is 9.18. The SMILES string of the molecule is COc1cc(Cl)c(C)c(CO)c1OC. The maximum atomic E-state index is 9.18. The van der Waals surface area contributed by atoms with E-state index in [1.54, 1.807) is 6.07 Å². The molecule has 0 aromatic heterocycles. The molecule has 1 rings (SSSR count). The van der Waals surface area contributed by atoms with Crippen LogP contribution in [0.2, 0.25) is 5.02 Å². The predicted octanol–water partition coefficient (Wildman–Crippen LogP) is 2.16. The second-order valence-electron chi connectivity index (χ2n) is 2.86. The molecule has 3 nitrogen and oxygen atoms in total. The Morgan fingerprint density at radius 2 is 2.00 bits per heavy atom. The Bertz CT molecular complexity index is 337. The number of rotatable bonds is 3. The van der Waals surface area contributed by atoms with Crippen LogP contribution < -0.4 is 9.47 Å². The molecule has 1 N–H and O–H groups in total. The smallest absolute Gasteiger partial charge is 0.166 e. The van der Waals surface area contributed by atoms with Gasteiger partial charge in [-0.1, -0.05) is 11.6 Å². The Balaban J connectivity index is 3.42. The van der Waals surface area contributed by atoms with Gasteiger partial charge in [0.25, 0.3) is 0 Å². The maximum Gasteiger partial charge on any atom is 0.166 e. The third-order valence-electron chi connectivity index (χ3n) is 2.15. The zero-order chi connectivity index (χ0) is 10.7. The Kier molecular flexibility index (Phi) is 3.61. The van der Waals surface area contributed by atoms with Crippen molar-refractivity contribution < 1.29 is 14.6 Å². The highest BCUT2D eigenvalue weighted by molar-refractivity contribution is 6.31. The van der Waals surface area contributed by atoms with Gasteiger partial charge in [-0.3, -0.25) is 0 Å². The van der Waals surface area contributed by atoms with Crippen molar-refractivity contribution in [2.75, 3.05) is 14.2 Å². The van der Waals surface area contributed by atoms with E-state index in [0.717, 1.165) is 5.56 Å². The molecule has 0 radical (unpaired) electrons. The van der Waals surface area contributed by atoms with Gasteiger partial charge in [0.2, 0.25) is 0 Å². The van der Waals surface area contributed by atoms with Crippen molar-refractivity contribution in [2.24, 2.45) is 0 Å². The van der Waals surface area contributed by atoms with Crippen LogP contribution in [0.25, 0.3) is 0 Å². The van der Waals surface area contributed by atoms with E-state index in [1.165, 1.54) is 14.2 Å². The molecule has 0 bridgehead atoms. The van der Waals surface area contributed by atoms with E-state index in [1.807, 2.05) is 6.92 Å². The monoisotopic (exact) mass is 216 g/mol. The van der Waals surface area contributed by atoms with Gasteiger partial charge in [-0.25, -0.2) is 0 Å². The van der Waals surface area contributed by atoms with E-state index in [0.29, 0.717) is 22.1 Å². The van der Waals surface area contributed by atoms with Gasteiger partial charge in [-0.2, -0.15) is 0 Å².